The van der Waals surface area contributed by atoms with Crippen LogP contribution in [0.1, 0.15) is 18.4 Å². The number of rotatable bonds is 5. The second kappa shape index (κ2) is 7.06. The highest BCUT2D eigenvalue weighted by Gasteiger charge is 2.13. The van der Waals surface area contributed by atoms with Crippen molar-refractivity contribution in [3.63, 3.8) is 0 Å². The van der Waals surface area contributed by atoms with Crippen LogP contribution in [0.15, 0.2) is 34.9 Å². The van der Waals surface area contributed by atoms with Gasteiger partial charge in [0.15, 0.2) is 0 Å². The van der Waals surface area contributed by atoms with E-state index in [1.165, 1.54) is 5.56 Å². The van der Waals surface area contributed by atoms with Crippen molar-refractivity contribution >= 4 is 15.9 Å². The molecule has 1 atom stereocenters. The van der Waals surface area contributed by atoms with Gasteiger partial charge in [0.1, 0.15) is 5.69 Å². The fourth-order valence-corrected chi connectivity index (χ4v) is 2.60. The van der Waals surface area contributed by atoms with Crippen LogP contribution in [0, 0.1) is 35.5 Å². The predicted molar refractivity (Wildman–Crippen MR) is 84.1 cm³/mol. The lowest BCUT2D eigenvalue weighted by atomic mass is 10.1. The van der Waals surface area contributed by atoms with Crippen LogP contribution in [0.4, 0.5) is 0 Å². The van der Waals surface area contributed by atoms with Gasteiger partial charge >= 0.3 is 0 Å². The zero-order chi connectivity index (χ0) is 15.2. The quantitative estimate of drug-likeness (QED) is 0.822. The predicted octanol–water partition coefficient (Wildman–Crippen LogP) is 4.06. The molecule has 21 heavy (non-hydrogen) atoms. The maximum atomic E-state index is 9.13. The molecule has 2 aromatic rings. The first-order valence-corrected chi connectivity index (χ1v) is 7.50. The smallest absolute Gasteiger partial charge is 0.106 e. The zero-order valence-corrected chi connectivity index (χ0v) is 13.3. The Labute approximate surface area is 132 Å². The van der Waals surface area contributed by atoms with E-state index in [1.807, 2.05) is 37.4 Å². The fraction of sp³-hybridized carbons (Fsp3) is 0.312. The van der Waals surface area contributed by atoms with Crippen LogP contribution in [-0.2, 0) is 6.54 Å². The number of nitrogens with zero attached hydrogens (tertiary/aromatic N) is 4. The molecule has 0 radical (unpaired) electrons. The summed E-state index contributed by atoms with van der Waals surface area (Å²) in [6, 6.07) is 12.5. The van der Waals surface area contributed by atoms with E-state index in [1.54, 1.807) is 4.68 Å². The Morgan fingerprint density at radius 3 is 2.62 bits per heavy atom. The van der Waals surface area contributed by atoms with Crippen LogP contribution in [0.25, 0.3) is 11.3 Å². The Morgan fingerprint density at radius 2 is 2.00 bits per heavy atom. The van der Waals surface area contributed by atoms with Crippen molar-refractivity contribution in [2.75, 3.05) is 0 Å². The van der Waals surface area contributed by atoms with Crippen LogP contribution in [0.3, 0.4) is 0 Å². The standard InChI is InChI=1S/C16H15BrN4/c1-12-4-6-14(7-5-12)16-15(17)11-21(20-16)10-13(9-19)3-2-8-18/h4-7,11,13H,2-3,10H2,1H3/t13-/m1/s1. The molecule has 2 rings (SSSR count). The highest BCUT2D eigenvalue weighted by atomic mass is 79.9. The van der Waals surface area contributed by atoms with Gasteiger partial charge in [-0.15, -0.1) is 0 Å². The van der Waals surface area contributed by atoms with Crippen LogP contribution in [0.5, 0.6) is 0 Å². The highest BCUT2D eigenvalue weighted by molar-refractivity contribution is 9.10. The first-order valence-electron chi connectivity index (χ1n) is 6.70. The van der Waals surface area contributed by atoms with Gasteiger partial charge in [-0.1, -0.05) is 29.8 Å². The second-order valence-corrected chi connectivity index (χ2v) is 5.79. The summed E-state index contributed by atoms with van der Waals surface area (Å²) in [6.07, 6.45) is 2.85. The minimum Gasteiger partial charge on any atom is -0.270 e. The molecule has 0 aliphatic rings. The summed E-state index contributed by atoms with van der Waals surface area (Å²) in [6.45, 7) is 2.55. The lowest BCUT2D eigenvalue weighted by Gasteiger charge is -2.06. The van der Waals surface area contributed by atoms with Crippen LogP contribution >= 0.6 is 15.9 Å². The number of hydrogen-bond donors (Lipinski definition) is 0. The summed E-state index contributed by atoms with van der Waals surface area (Å²) in [5, 5.41) is 22.3. The van der Waals surface area contributed by atoms with E-state index in [9.17, 15) is 0 Å². The highest BCUT2D eigenvalue weighted by Crippen LogP contribution is 2.27. The summed E-state index contributed by atoms with van der Waals surface area (Å²) in [5.74, 6) is -0.192. The van der Waals surface area contributed by atoms with E-state index < -0.39 is 0 Å². The Kier molecular flexibility index (Phi) is 5.14. The van der Waals surface area contributed by atoms with Gasteiger partial charge in [-0.3, -0.25) is 4.68 Å². The van der Waals surface area contributed by atoms with Crippen molar-refractivity contribution in [2.45, 2.75) is 26.3 Å². The van der Waals surface area contributed by atoms with E-state index in [4.69, 9.17) is 10.5 Å². The maximum absolute atomic E-state index is 9.13. The first-order chi connectivity index (χ1) is 10.1. The third-order valence-corrected chi connectivity index (χ3v) is 3.82. The summed E-state index contributed by atoms with van der Waals surface area (Å²) >= 11 is 3.52. The molecular weight excluding hydrogens is 328 g/mol. The van der Waals surface area contributed by atoms with Crippen molar-refractivity contribution in [1.29, 1.82) is 10.5 Å². The summed E-state index contributed by atoms with van der Waals surface area (Å²) < 4.78 is 2.67. The molecule has 1 aromatic carbocycles. The first kappa shape index (κ1) is 15.3. The molecule has 0 unspecified atom stereocenters. The third kappa shape index (κ3) is 3.93. The minimum atomic E-state index is -0.192. The molecule has 1 aromatic heterocycles. The topological polar surface area (TPSA) is 65.4 Å². The lowest BCUT2D eigenvalue weighted by Crippen LogP contribution is -2.09. The van der Waals surface area contributed by atoms with Gasteiger partial charge in [0.2, 0.25) is 0 Å². The Hall–Kier alpha value is -2.11. The molecule has 0 amide bonds. The second-order valence-electron chi connectivity index (χ2n) is 4.94. The van der Waals surface area contributed by atoms with E-state index in [0.717, 1.165) is 15.7 Å². The van der Waals surface area contributed by atoms with E-state index in [2.05, 4.69) is 33.2 Å². The van der Waals surface area contributed by atoms with E-state index >= 15 is 0 Å². The molecular formula is C16H15BrN4. The molecule has 5 heteroatoms. The van der Waals surface area contributed by atoms with Gasteiger partial charge in [0.05, 0.1) is 29.1 Å². The van der Waals surface area contributed by atoms with E-state index in [-0.39, 0.29) is 5.92 Å². The molecule has 106 valence electrons. The van der Waals surface area contributed by atoms with Crippen molar-refractivity contribution in [3.05, 3.63) is 40.5 Å². The number of hydrogen-bond acceptors (Lipinski definition) is 3. The Balaban J connectivity index is 2.17. The van der Waals surface area contributed by atoms with Crippen LogP contribution < -0.4 is 0 Å². The maximum Gasteiger partial charge on any atom is 0.106 e. The van der Waals surface area contributed by atoms with Crippen molar-refractivity contribution < 1.29 is 0 Å². The molecule has 0 aliphatic heterocycles. The Bertz CT molecular complexity index is 689. The third-order valence-electron chi connectivity index (χ3n) is 3.24. The van der Waals surface area contributed by atoms with Gasteiger partial charge in [-0.05, 0) is 29.3 Å². The molecule has 0 N–H and O–H groups in total. The number of aromatic nitrogens is 2. The average Bonchev–Trinajstić information content (AvgIpc) is 2.85. The number of nitriles is 2. The average molecular weight is 343 g/mol. The fourth-order valence-electron chi connectivity index (χ4n) is 2.06. The van der Waals surface area contributed by atoms with Gasteiger partial charge in [-0.2, -0.15) is 15.6 Å². The zero-order valence-electron chi connectivity index (χ0n) is 11.8. The molecule has 0 saturated heterocycles. The number of aryl methyl sites for hydroxylation is 1. The van der Waals surface area contributed by atoms with Crippen molar-refractivity contribution in [1.82, 2.24) is 9.78 Å². The summed E-state index contributed by atoms with van der Waals surface area (Å²) in [5.41, 5.74) is 3.11. The monoisotopic (exact) mass is 342 g/mol. The molecule has 0 bridgehead atoms. The number of halogens is 1. The van der Waals surface area contributed by atoms with Crippen LogP contribution in [0.2, 0.25) is 0 Å². The largest absolute Gasteiger partial charge is 0.270 e. The van der Waals surface area contributed by atoms with Crippen molar-refractivity contribution in [3.8, 4) is 23.4 Å². The normalized spacial score (nSPS) is 11.6. The van der Waals surface area contributed by atoms with Gasteiger partial charge < -0.3 is 0 Å². The van der Waals surface area contributed by atoms with E-state index in [0.29, 0.717) is 19.4 Å². The van der Waals surface area contributed by atoms with Crippen molar-refractivity contribution in [2.24, 2.45) is 5.92 Å². The summed E-state index contributed by atoms with van der Waals surface area (Å²) in [4.78, 5) is 0. The van der Waals surface area contributed by atoms with Gasteiger partial charge in [0, 0.05) is 18.2 Å². The molecule has 0 aliphatic carbocycles. The number of benzene rings is 1. The lowest BCUT2D eigenvalue weighted by molar-refractivity contribution is 0.477. The van der Waals surface area contributed by atoms with Gasteiger partial charge in [0.25, 0.3) is 0 Å². The van der Waals surface area contributed by atoms with Gasteiger partial charge in [-0.25, -0.2) is 0 Å². The molecule has 1 heterocycles. The Morgan fingerprint density at radius 1 is 1.29 bits per heavy atom. The minimum absolute atomic E-state index is 0.192. The van der Waals surface area contributed by atoms with Crippen LogP contribution in [-0.4, -0.2) is 9.78 Å². The SMILES string of the molecule is Cc1ccc(-c2nn(C[C@@H](C#N)CCC#N)cc2Br)cc1. The molecule has 0 spiro atoms. The molecule has 0 fully saturated rings. The molecule has 0 saturated carbocycles. The summed E-state index contributed by atoms with van der Waals surface area (Å²) in [7, 11) is 0. The molecule has 4 nitrogen and oxygen atoms in total.